The van der Waals surface area contributed by atoms with Gasteiger partial charge in [0.05, 0.1) is 11.7 Å². The summed E-state index contributed by atoms with van der Waals surface area (Å²) in [4.78, 5) is 45.3. The smallest absolute Gasteiger partial charge is 0.254 e. The van der Waals surface area contributed by atoms with E-state index in [0.29, 0.717) is 24.9 Å². The van der Waals surface area contributed by atoms with Gasteiger partial charge in [0.15, 0.2) is 5.78 Å². The Bertz CT molecular complexity index is 1250. The molecule has 2 aromatic carbocycles. The first-order valence-corrected chi connectivity index (χ1v) is 12.3. The number of pyridine rings is 1. The SMILES string of the molecule is O=C(NC(Cc1ccc(Br)cc1)C(=O)N1CCC2OCC(=O)C21)c1cnccc1-c1ccccc1. The van der Waals surface area contributed by atoms with Crippen molar-refractivity contribution in [1.29, 1.82) is 0 Å². The number of nitrogens with zero attached hydrogens (tertiary/aromatic N) is 2. The van der Waals surface area contributed by atoms with Crippen LogP contribution in [0.4, 0.5) is 0 Å². The quantitative estimate of drug-likeness (QED) is 0.524. The molecule has 35 heavy (non-hydrogen) atoms. The fraction of sp³-hybridized carbons (Fsp3) is 0.259. The molecule has 3 unspecified atom stereocenters. The van der Waals surface area contributed by atoms with E-state index in [9.17, 15) is 14.4 Å². The monoisotopic (exact) mass is 533 g/mol. The number of rotatable bonds is 6. The van der Waals surface area contributed by atoms with Crippen molar-refractivity contribution in [3.05, 3.63) is 88.7 Å². The van der Waals surface area contributed by atoms with Crippen LogP contribution >= 0.6 is 15.9 Å². The minimum Gasteiger partial charge on any atom is -0.368 e. The van der Waals surface area contributed by atoms with Crippen molar-refractivity contribution in [1.82, 2.24) is 15.2 Å². The predicted octanol–water partition coefficient (Wildman–Crippen LogP) is 3.42. The number of nitrogens with one attached hydrogen (secondary N) is 1. The second-order valence-corrected chi connectivity index (χ2v) is 9.64. The van der Waals surface area contributed by atoms with E-state index in [2.05, 4.69) is 26.2 Å². The average molecular weight is 534 g/mol. The van der Waals surface area contributed by atoms with Crippen LogP contribution in [0.25, 0.3) is 11.1 Å². The molecule has 7 nitrogen and oxygen atoms in total. The maximum Gasteiger partial charge on any atom is 0.254 e. The molecule has 2 saturated heterocycles. The van der Waals surface area contributed by atoms with Gasteiger partial charge < -0.3 is 15.0 Å². The number of carbonyl (C=O) groups excluding carboxylic acids is 3. The summed E-state index contributed by atoms with van der Waals surface area (Å²) >= 11 is 3.43. The normalized spacial score (nSPS) is 19.9. The number of Topliss-reactive ketones (excluding diaryl/α,β-unsaturated/α-hetero) is 1. The summed E-state index contributed by atoms with van der Waals surface area (Å²) in [5, 5.41) is 2.94. The van der Waals surface area contributed by atoms with Crippen molar-refractivity contribution in [2.24, 2.45) is 0 Å². The summed E-state index contributed by atoms with van der Waals surface area (Å²) in [6, 6.07) is 17.5. The number of hydrogen-bond donors (Lipinski definition) is 1. The zero-order valence-electron chi connectivity index (χ0n) is 18.9. The van der Waals surface area contributed by atoms with Gasteiger partial charge in [-0.3, -0.25) is 19.4 Å². The van der Waals surface area contributed by atoms with Crippen molar-refractivity contribution >= 4 is 33.5 Å². The topological polar surface area (TPSA) is 88.6 Å². The van der Waals surface area contributed by atoms with Gasteiger partial charge in [0.1, 0.15) is 18.7 Å². The fourth-order valence-corrected chi connectivity index (χ4v) is 5.04. The summed E-state index contributed by atoms with van der Waals surface area (Å²) in [6.45, 7) is 0.452. The molecule has 5 rings (SSSR count). The maximum atomic E-state index is 13.7. The summed E-state index contributed by atoms with van der Waals surface area (Å²) in [5.74, 6) is -0.761. The summed E-state index contributed by atoms with van der Waals surface area (Å²) in [6.07, 6.45) is 3.79. The van der Waals surface area contributed by atoms with Gasteiger partial charge in [-0.05, 0) is 41.3 Å². The molecular weight excluding hydrogens is 510 g/mol. The van der Waals surface area contributed by atoms with Crippen molar-refractivity contribution in [3.63, 3.8) is 0 Å². The van der Waals surface area contributed by atoms with Crippen LogP contribution < -0.4 is 5.32 Å². The molecule has 8 heteroatoms. The highest BCUT2D eigenvalue weighted by atomic mass is 79.9. The maximum absolute atomic E-state index is 13.7. The highest BCUT2D eigenvalue weighted by molar-refractivity contribution is 9.10. The highest BCUT2D eigenvalue weighted by Crippen LogP contribution is 2.28. The van der Waals surface area contributed by atoms with Gasteiger partial charge in [-0.1, -0.05) is 58.4 Å². The van der Waals surface area contributed by atoms with Crippen LogP contribution in [-0.4, -0.2) is 58.8 Å². The molecule has 2 fully saturated rings. The number of aromatic nitrogens is 1. The van der Waals surface area contributed by atoms with Crippen LogP contribution in [-0.2, 0) is 20.7 Å². The molecule has 2 amide bonds. The number of amides is 2. The summed E-state index contributed by atoms with van der Waals surface area (Å²) in [7, 11) is 0. The Morgan fingerprint density at radius 2 is 1.89 bits per heavy atom. The molecule has 178 valence electrons. The van der Waals surface area contributed by atoms with Gasteiger partial charge >= 0.3 is 0 Å². The molecule has 0 bridgehead atoms. The first kappa shape index (κ1) is 23.4. The number of halogens is 1. The number of benzene rings is 2. The number of likely N-dealkylation sites (tertiary alicyclic amines) is 1. The lowest BCUT2D eigenvalue weighted by molar-refractivity contribution is -0.138. The first-order valence-electron chi connectivity index (χ1n) is 11.5. The molecule has 2 aliphatic heterocycles. The second kappa shape index (κ2) is 10.1. The molecular formula is C27H24BrN3O4. The van der Waals surface area contributed by atoms with Crippen molar-refractivity contribution < 1.29 is 19.1 Å². The molecule has 0 saturated carbocycles. The molecule has 0 spiro atoms. The van der Waals surface area contributed by atoms with E-state index in [1.54, 1.807) is 17.2 Å². The average Bonchev–Trinajstić information content (AvgIpc) is 3.48. The lowest BCUT2D eigenvalue weighted by atomic mass is 10.00. The number of ketones is 1. The van der Waals surface area contributed by atoms with Gasteiger partial charge in [0.25, 0.3) is 5.91 Å². The van der Waals surface area contributed by atoms with Crippen molar-refractivity contribution in [2.75, 3.05) is 13.2 Å². The minimum atomic E-state index is -0.848. The van der Waals surface area contributed by atoms with E-state index >= 15 is 0 Å². The molecule has 3 heterocycles. The Morgan fingerprint density at radius 3 is 2.66 bits per heavy atom. The van der Waals surface area contributed by atoms with E-state index < -0.39 is 18.0 Å². The van der Waals surface area contributed by atoms with Crippen molar-refractivity contribution in [2.45, 2.75) is 31.0 Å². The highest BCUT2D eigenvalue weighted by Gasteiger charge is 2.48. The largest absolute Gasteiger partial charge is 0.368 e. The van der Waals surface area contributed by atoms with E-state index in [-0.39, 0.29) is 24.4 Å². The van der Waals surface area contributed by atoms with Gasteiger partial charge in [-0.2, -0.15) is 0 Å². The minimum absolute atomic E-state index is 0.0268. The van der Waals surface area contributed by atoms with E-state index in [1.165, 1.54) is 6.20 Å². The molecule has 2 aliphatic rings. The Hall–Kier alpha value is -3.36. The number of ether oxygens (including phenoxy) is 1. The van der Waals surface area contributed by atoms with Crippen molar-refractivity contribution in [3.8, 4) is 11.1 Å². The Balaban J connectivity index is 1.44. The van der Waals surface area contributed by atoms with Crippen LogP contribution in [0, 0.1) is 0 Å². The number of hydrogen-bond acceptors (Lipinski definition) is 5. The third kappa shape index (κ3) is 4.90. The van der Waals surface area contributed by atoms with Crippen LogP contribution in [0.1, 0.15) is 22.3 Å². The molecule has 1 N–H and O–H groups in total. The van der Waals surface area contributed by atoms with Crippen LogP contribution in [0.15, 0.2) is 77.5 Å². The zero-order chi connectivity index (χ0) is 24.4. The second-order valence-electron chi connectivity index (χ2n) is 8.72. The van der Waals surface area contributed by atoms with Crippen LogP contribution in [0.2, 0.25) is 0 Å². The standard InChI is InChI=1S/C27H24BrN3O4/c28-19-8-6-17(7-9-19)14-22(27(34)31-13-11-24-25(31)23(32)16-35-24)30-26(33)21-15-29-12-10-20(21)18-4-2-1-3-5-18/h1-10,12,15,22,24-25H,11,13-14,16H2,(H,30,33). The van der Waals surface area contributed by atoms with E-state index in [1.807, 2.05) is 54.6 Å². The van der Waals surface area contributed by atoms with E-state index in [0.717, 1.165) is 21.2 Å². The number of fused-ring (bicyclic) bond motifs is 1. The lowest BCUT2D eigenvalue weighted by Gasteiger charge is -2.28. The first-order chi connectivity index (χ1) is 17.0. The molecule has 0 aliphatic carbocycles. The predicted molar refractivity (Wildman–Crippen MR) is 134 cm³/mol. The van der Waals surface area contributed by atoms with Crippen LogP contribution in [0.3, 0.4) is 0 Å². The Labute approximate surface area is 211 Å². The van der Waals surface area contributed by atoms with Gasteiger partial charge in [-0.15, -0.1) is 0 Å². The summed E-state index contributed by atoms with van der Waals surface area (Å²) < 4.78 is 6.47. The summed E-state index contributed by atoms with van der Waals surface area (Å²) in [5.41, 5.74) is 2.89. The molecule has 3 atom stereocenters. The Kier molecular flexibility index (Phi) is 6.74. The number of carbonyl (C=O) groups is 3. The zero-order valence-corrected chi connectivity index (χ0v) is 20.5. The molecule has 1 aromatic heterocycles. The Morgan fingerprint density at radius 1 is 1.11 bits per heavy atom. The third-order valence-electron chi connectivity index (χ3n) is 6.50. The lowest BCUT2D eigenvalue weighted by Crippen LogP contribution is -2.53. The third-order valence-corrected chi connectivity index (χ3v) is 7.03. The van der Waals surface area contributed by atoms with Gasteiger partial charge in [0.2, 0.25) is 5.91 Å². The van der Waals surface area contributed by atoms with Gasteiger partial charge in [-0.25, -0.2) is 0 Å². The van der Waals surface area contributed by atoms with Crippen LogP contribution in [0.5, 0.6) is 0 Å². The van der Waals surface area contributed by atoms with E-state index in [4.69, 9.17) is 4.74 Å². The molecule has 0 radical (unpaired) electrons. The fourth-order valence-electron chi connectivity index (χ4n) is 4.78. The van der Waals surface area contributed by atoms with Gasteiger partial charge in [0, 0.05) is 29.8 Å². The molecule has 3 aromatic rings.